The van der Waals surface area contributed by atoms with Gasteiger partial charge in [-0.05, 0) is 56.0 Å². The van der Waals surface area contributed by atoms with Crippen molar-refractivity contribution in [3.05, 3.63) is 59.7 Å². The van der Waals surface area contributed by atoms with Crippen molar-refractivity contribution in [2.24, 2.45) is 5.92 Å². The minimum absolute atomic E-state index is 0.0216. The van der Waals surface area contributed by atoms with E-state index in [0.717, 1.165) is 37.7 Å². The molecule has 0 aromatic heterocycles. The molecule has 7 heteroatoms. The summed E-state index contributed by atoms with van der Waals surface area (Å²) in [4.78, 5) is 40.4. The molecule has 33 heavy (non-hydrogen) atoms. The predicted molar refractivity (Wildman–Crippen MR) is 121 cm³/mol. The molecule has 1 amide bonds. The van der Waals surface area contributed by atoms with E-state index in [2.05, 4.69) is 5.32 Å². The van der Waals surface area contributed by atoms with Gasteiger partial charge in [-0.25, -0.2) is 9.59 Å². The van der Waals surface area contributed by atoms with Crippen molar-refractivity contribution in [2.45, 2.75) is 50.5 Å². The fourth-order valence-electron chi connectivity index (χ4n) is 5.07. The first kappa shape index (κ1) is 22.8. The van der Waals surface area contributed by atoms with Crippen LogP contribution in [0.4, 0.5) is 0 Å². The highest BCUT2D eigenvalue weighted by molar-refractivity contribution is 6.12. The van der Waals surface area contributed by atoms with Gasteiger partial charge in [0.25, 0.3) is 5.91 Å². The van der Waals surface area contributed by atoms with E-state index in [1.54, 1.807) is 43.3 Å². The van der Waals surface area contributed by atoms with Crippen molar-refractivity contribution in [1.82, 2.24) is 5.32 Å². The molecule has 2 aromatic carbocycles. The molecule has 1 aliphatic heterocycles. The maximum absolute atomic E-state index is 13.6. The maximum Gasteiger partial charge on any atom is 0.349 e. The van der Waals surface area contributed by atoms with Crippen molar-refractivity contribution in [2.75, 3.05) is 13.7 Å². The van der Waals surface area contributed by atoms with Crippen LogP contribution in [-0.4, -0.2) is 37.1 Å². The summed E-state index contributed by atoms with van der Waals surface area (Å²) < 4.78 is 16.2. The van der Waals surface area contributed by atoms with Gasteiger partial charge in [-0.15, -0.1) is 0 Å². The minimum atomic E-state index is -1.97. The van der Waals surface area contributed by atoms with Gasteiger partial charge < -0.3 is 19.5 Å². The Labute approximate surface area is 193 Å². The van der Waals surface area contributed by atoms with Crippen LogP contribution in [0.3, 0.4) is 0 Å². The molecule has 2 aliphatic rings. The number of amides is 1. The van der Waals surface area contributed by atoms with Crippen LogP contribution < -0.4 is 14.8 Å². The smallest absolute Gasteiger partial charge is 0.349 e. The minimum Gasteiger partial charge on any atom is -0.497 e. The Kier molecular flexibility index (Phi) is 6.67. The second kappa shape index (κ2) is 9.65. The van der Waals surface area contributed by atoms with E-state index in [0.29, 0.717) is 17.1 Å². The summed E-state index contributed by atoms with van der Waals surface area (Å²) in [7, 11) is 1.54. The molecule has 1 saturated carbocycles. The third-order valence-corrected chi connectivity index (χ3v) is 6.63. The summed E-state index contributed by atoms with van der Waals surface area (Å²) in [5.41, 5.74) is -0.927. The quantitative estimate of drug-likeness (QED) is 0.405. The molecule has 0 bridgehead atoms. The molecule has 0 unspecified atom stereocenters. The maximum atomic E-state index is 13.6. The third kappa shape index (κ3) is 4.19. The lowest BCUT2D eigenvalue weighted by atomic mass is 9.65. The molecule has 4 rings (SSSR count). The van der Waals surface area contributed by atoms with Gasteiger partial charge in [0.05, 0.1) is 13.7 Å². The Hall–Kier alpha value is -3.35. The molecule has 0 saturated heterocycles. The van der Waals surface area contributed by atoms with Crippen molar-refractivity contribution < 1.29 is 28.6 Å². The molecule has 1 aliphatic carbocycles. The van der Waals surface area contributed by atoms with E-state index in [4.69, 9.17) is 14.2 Å². The molecule has 1 fully saturated rings. The second-order valence-electron chi connectivity index (χ2n) is 8.51. The number of hydrogen-bond donors (Lipinski definition) is 1. The third-order valence-electron chi connectivity index (χ3n) is 6.63. The van der Waals surface area contributed by atoms with E-state index in [-0.39, 0.29) is 12.5 Å². The largest absolute Gasteiger partial charge is 0.497 e. The van der Waals surface area contributed by atoms with Crippen molar-refractivity contribution >= 4 is 17.8 Å². The number of para-hydroxylation sites is 1. The van der Waals surface area contributed by atoms with Gasteiger partial charge in [-0.3, -0.25) is 4.79 Å². The first-order valence-electron chi connectivity index (χ1n) is 11.5. The molecule has 2 atom stereocenters. The summed E-state index contributed by atoms with van der Waals surface area (Å²) in [6, 6.07) is 13.7. The van der Waals surface area contributed by atoms with Crippen molar-refractivity contribution in [1.29, 1.82) is 0 Å². The zero-order valence-corrected chi connectivity index (χ0v) is 19.0. The van der Waals surface area contributed by atoms with Crippen LogP contribution in [0.25, 0.3) is 0 Å². The Morgan fingerprint density at radius 1 is 1.06 bits per heavy atom. The normalized spacial score (nSPS) is 22.6. The number of hydrogen-bond acceptors (Lipinski definition) is 6. The fraction of sp³-hybridized carbons (Fsp3) is 0.423. The highest BCUT2D eigenvalue weighted by atomic mass is 16.6. The molecule has 2 aromatic rings. The van der Waals surface area contributed by atoms with Gasteiger partial charge in [0.15, 0.2) is 0 Å². The first-order valence-corrected chi connectivity index (χ1v) is 11.5. The molecular weight excluding hydrogens is 422 g/mol. The summed E-state index contributed by atoms with van der Waals surface area (Å²) >= 11 is 0. The molecule has 0 spiro atoms. The highest BCUT2D eigenvalue weighted by Crippen LogP contribution is 2.49. The molecule has 0 radical (unpaired) electrons. The van der Waals surface area contributed by atoms with E-state index >= 15 is 0 Å². The Morgan fingerprint density at radius 2 is 1.76 bits per heavy atom. The number of ether oxygens (including phenoxy) is 3. The molecule has 1 N–H and O–H groups in total. The van der Waals surface area contributed by atoms with Gasteiger partial charge in [-0.1, -0.05) is 37.5 Å². The second-order valence-corrected chi connectivity index (χ2v) is 8.51. The standard InChI is InChI=1S/C26H29NO6/c1-3-32-24(29)26(27-23(28)18-13-15-19(31-2)16-14-18)22(17-9-5-4-6-10-17)20-11-7-8-12-21(20)33-25(26)30/h7-8,11-17,22H,3-6,9-10H2,1-2H3,(H,27,28)/t22-,26-/m1/s1. The van der Waals surface area contributed by atoms with Crippen LogP contribution in [0.1, 0.15) is 60.9 Å². The van der Waals surface area contributed by atoms with Crippen LogP contribution in [0.15, 0.2) is 48.5 Å². The van der Waals surface area contributed by atoms with Crippen LogP contribution in [0.5, 0.6) is 11.5 Å². The lowest BCUT2D eigenvalue weighted by Gasteiger charge is -2.45. The Morgan fingerprint density at radius 3 is 2.42 bits per heavy atom. The van der Waals surface area contributed by atoms with Gasteiger partial charge in [-0.2, -0.15) is 0 Å². The van der Waals surface area contributed by atoms with Crippen LogP contribution in [-0.2, 0) is 14.3 Å². The molecule has 1 heterocycles. The fourth-order valence-corrected chi connectivity index (χ4v) is 5.07. The van der Waals surface area contributed by atoms with Gasteiger partial charge >= 0.3 is 11.9 Å². The monoisotopic (exact) mass is 451 g/mol. The summed E-state index contributed by atoms with van der Waals surface area (Å²) in [5.74, 6) is -1.69. The SMILES string of the molecule is CCOC(=O)[C@@]1(NC(=O)c2ccc(OC)cc2)C(=O)Oc2ccccc2[C@H]1C1CCCCC1. The topological polar surface area (TPSA) is 90.9 Å². The van der Waals surface area contributed by atoms with Crippen molar-refractivity contribution in [3.63, 3.8) is 0 Å². The van der Waals surface area contributed by atoms with Gasteiger partial charge in [0.1, 0.15) is 11.5 Å². The number of esters is 2. The molecule has 7 nitrogen and oxygen atoms in total. The summed E-state index contributed by atoms with van der Waals surface area (Å²) in [6.07, 6.45) is 4.82. The number of fused-ring (bicyclic) bond motifs is 1. The number of nitrogens with one attached hydrogen (secondary N) is 1. The lowest BCUT2D eigenvalue weighted by molar-refractivity contribution is -0.165. The average molecular weight is 452 g/mol. The van der Waals surface area contributed by atoms with Crippen LogP contribution in [0, 0.1) is 5.92 Å². The summed E-state index contributed by atoms with van der Waals surface area (Å²) in [6.45, 7) is 1.75. The number of methoxy groups -OCH3 is 1. The highest BCUT2D eigenvalue weighted by Gasteiger charge is 2.62. The van der Waals surface area contributed by atoms with Gasteiger partial charge in [0.2, 0.25) is 5.54 Å². The summed E-state index contributed by atoms with van der Waals surface area (Å²) in [5, 5.41) is 2.78. The Balaban J connectivity index is 1.82. The predicted octanol–water partition coefficient (Wildman–Crippen LogP) is 4.01. The van der Waals surface area contributed by atoms with Gasteiger partial charge in [0, 0.05) is 17.0 Å². The number of rotatable bonds is 6. The zero-order valence-electron chi connectivity index (χ0n) is 19.0. The Bertz CT molecular complexity index is 1030. The van der Waals surface area contributed by atoms with E-state index in [1.165, 1.54) is 7.11 Å². The van der Waals surface area contributed by atoms with Crippen LogP contribution in [0.2, 0.25) is 0 Å². The van der Waals surface area contributed by atoms with Crippen LogP contribution >= 0.6 is 0 Å². The van der Waals surface area contributed by atoms with E-state index in [1.807, 2.05) is 12.1 Å². The average Bonchev–Trinajstić information content (AvgIpc) is 2.85. The van der Waals surface area contributed by atoms with Crippen molar-refractivity contribution in [3.8, 4) is 11.5 Å². The number of benzene rings is 2. The first-order chi connectivity index (χ1) is 16.0. The number of carbonyl (C=O) groups excluding carboxylic acids is 3. The molecular formula is C26H29NO6. The number of carbonyl (C=O) groups is 3. The van der Waals surface area contributed by atoms with E-state index < -0.39 is 29.3 Å². The lowest BCUT2D eigenvalue weighted by Crippen LogP contribution is -2.68. The molecule has 174 valence electrons. The zero-order chi connectivity index (χ0) is 23.4. The van der Waals surface area contributed by atoms with E-state index in [9.17, 15) is 14.4 Å².